The molecule has 0 saturated heterocycles. The first-order valence-corrected chi connectivity index (χ1v) is 8.66. The van der Waals surface area contributed by atoms with Gasteiger partial charge in [0.05, 0.1) is 5.56 Å². The van der Waals surface area contributed by atoms with Crippen LogP contribution in [0.2, 0.25) is 0 Å². The van der Waals surface area contributed by atoms with Crippen LogP contribution in [0.4, 0.5) is 5.69 Å². The van der Waals surface area contributed by atoms with E-state index in [1.165, 1.54) is 33.2 Å². The molecule has 0 unspecified atom stereocenters. The zero-order chi connectivity index (χ0) is 18.9. The maximum atomic E-state index is 12.3. The van der Waals surface area contributed by atoms with Crippen LogP contribution in [0, 0.1) is 13.8 Å². The molecule has 1 amide bonds. The number of carbonyl (C=O) groups is 2. The summed E-state index contributed by atoms with van der Waals surface area (Å²) in [6.45, 7) is 3.15. The first-order chi connectivity index (χ1) is 11.5. The minimum Gasteiger partial charge on any atom is -0.478 e. The summed E-state index contributed by atoms with van der Waals surface area (Å²) in [5.41, 5.74) is 0.978. The van der Waals surface area contributed by atoms with Crippen molar-refractivity contribution in [3.8, 4) is 0 Å². The van der Waals surface area contributed by atoms with Gasteiger partial charge in [-0.3, -0.25) is 4.79 Å². The smallest absolute Gasteiger partial charge is 0.335 e. The van der Waals surface area contributed by atoms with Gasteiger partial charge in [0, 0.05) is 25.8 Å². The molecule has 0 bridgehead atoms. The molecular weight excluding hydrogens is 348 g/mol. The zero-order valence-electron chi connectivity index (χ0n) is 14.2. The highest BCUT2D eigenvalue weighted by Crippen LogP contribution is 2.24. The Morgan fingerprint density at radius 3 is 2.36 bits per heavy atom. The number of furan rings is 1. The number of aryl methyl sites for hydroxylation is 2. The van der Waals surface area contributed by atoms with Crippen LogP contribution in [0.25, 0.3) is 0 Å². The topological polar surface area (TPSA) is 117 Å². The number of sulfonamides is 1. The monoisotopic (exact) mass is 366 g/mol. The predicted molar refractivity (Wildman–Crippen MR) is 90.4 cm³/mol. The molecule has 2 aromatic rings. The van der Waals surface area contributed by atoms with Crippen molar-refractivity contribution in [1.82, 2.24) is 4.31 Å². The van der Waals surface area contributed by atoms with Gasteiger partial charge in [0.1, 0.15) is 10.7 Å². The molecule has 2 rings (SSSR count). The Morgan fingerprint density at radius 2 is 1.80 bits per heavy atom. The number of benzene rings is 1. The second-order valence-electron chi connectivity index (χ2n) is 5.61. The Balaban J connectivity index is 2.35. The van der Waals surface area contributed by atoms with Crippen LogP contribution in [0.15, 0.2) is 33.6 Å². The highest BCUT2D eigenvalue weighted by Gasteiger charge is 2.26. The number of carboxylic acids is 1. The fourth-order valence-electron chi connectivity index (χ4n) is 2.10. The number of hydrogen-bond donors (Lipinski definition) is 2. The molecule has 1 aromatic heterocycles. The Morgan fingerprint density at radius 1 is 1.16 bits per heavy atom. The lowest BCUT2D eigenvalue weighted by Crippen LogP contribution is -2.22. The van der Waals surface area contributed by atoms with Crippen LogP contribution in [-0.4, -0.2) is 43.8 Å². The number of amides is 1. The molecular formula is C16H18N2O6S. The van der Waals surface area contributed by atoms with Gasteiger partial charge in [0.25, 0.3) is 5.91 Å². The largest absolute Gasteiger partial charge is 0.478 e. The zero-order valence-corrected chi connectivity index (χ0v) is 15.0. The summed E-state index contributed by atoms with van der Waals surface area (Å²) >= 11 is 0. The molecule has 0 saturated carbocycles. The molecule has 0 spiro atoms. The maximum absolute atomic E-state index is 12.3. The van der Waals surface area contributed by atoms with Gasteiger partial charge in [0.2, 0.25) is 10.0 Å². The van der Waals surface area contributed by atoms with Gasteiger partial charge < -0.3 is 14.8 Å². The van der Waals surface area contributed by atoms with Crippen LogP contribution in [0.1, 0.15) is 32.2 Å². The maximum Gasteiger partial charge on any atom is 0.335 e. The van der Waals surface area contributed by atoms with Crippen molar-refractivity contribution in [1.29, 1.82) is 0 Å². The summed E-state index contributed by atoms with van der Waals surface area (Å²) in [5, 5.41) is 11.6. The van der Waals surface area contributed by atoms with E-state index in [4.69, 9.17) is 9.52 Å². The van der Waals surface area contributed by atoms with E-state index in [1.54, 1.807) is 13.0 Å². The van der Waals surface area contributed by atoms with Crippen molar-refractivity contribution < 1.29 is 27.5 Å². The number of aromatic carboxylic acids is 1. The van der Waals surface area contributed by atoms with Crippen molar-refractivity contribution >= 4 is 27.6 Å². The Labute approximate surface area is 145 Å². The minimum atomic E-state index is -3.74. The standard InChI is InChI=1S/C16H18N2O6S/c1-9-5-6-11(16(20)21)7-12(9)17-15(19)13-8-14(10(2)24-13)25(22,23)18(3)4/h5-8H,1-4H3,(H,17,19)(H,20,21). The molecule has 0 radical (unpaired) electrons. The molecule has 8 nitrogen and oxygen atoms in total. The van der Waals surface area contributed by atoms with E-state index < -0.39 is 21.9 Å². The van der Waals surface area contributed by atoms with Crippen molar-refractivity contribution in [3.63, 3.8) is 0 Å². The Kier molecular flexibility index (Phi) is 5.00. The van der Waals surface area contributed by atoms with Gasteiger partial charge in [-0.2, -0.15) is 0 Å². The van der Waals surface area contributed by atoms with Gasteiger partial charge >= 0.3 is 5.97 Å². The van der Waals surface area contributed by atoms with Crippen LogP contribution in [0.3, 0.4) is 0 Å². The predicted octanol–water partition coefficient (Wildman–Crippen LogP) is 2.10. The molecule has 1 aromatic carbocycles. The number of carbonyl (C=O) groups excluding carboxylic acids is 1. The molecule has 0 aliphatic heterocycles. The van der Waals surface area contributed by atoms with Crippen LogP contribution < -0.4 is 5.32 Å². The molecule has 0 aliphatic carbocycles. The Hall–Kier alpha value is -2.65. The van der Waals surface area contributed by atoms with E-state index in [-0.39, 0.29) is 22.0 Å². The van der Waals surface area contributed by atoms with E-state index in [1.807, 2.05) is 0 Å². The molecule has 1 heterocycles. The van der Waals surface area contributed by atoms with E-state index in [9.17, 15) is 18.0 Å². The van der Waals surface area contributed by atoms with Gasteiger partial charge in [0.15, 0.2) is 5.76 Å². The third-order valence-corrected chi connectivity index (χ3v) is 5.51. The highest BCUT2D eigenvalue weighted by atomic mass is 32.2. The molecule has 2 N–H and O–H groups in total. The lowest BCUT2D eigenvalue weighted by molar-refractivity contribution is 0.0696. The molecule has 0 fully saturated rings. The fourth-order valence-corrected chi connectivity index (χ4v) is 3.16. The van der Waals surface area contributed by atoms with Crippen molar-refractivity contribution in [2.45, 2.75) is 18.7 Å². The van der Waals surface area contributed by atoms with Crippen molar-refractivity contribution in [2.75, 3.05) is 19.4 Å². The summed E-state index contributed by atoms with van der Waals surface area (Å²) in [6, 6.07) is 5.46. The second-order valence-corrected chi connectivity index (χ2v) is 7.73. The van der Waals surface area contributed by atoms with E-state index in [0.717, 1.165) is 10.4 Å². The summed E-state index contributed by atoms with van der Waals surface area (Å²) < 4.78 is 30.7. The summed E-state index contributed by atoms with van der Waals surface area (Å²) in [5.74, 6) is -1.88. The number of carboxylic acid groups (broad SMARTS) is 1. The van der Waals surface area contributed by atoms with Crippen molar-refractivity contribution in [2.24, 2.45) is 0 Å². The highest BCUT2D eigenvalue weighted by molar-refractivity contribution is 7.89. The number of rotatable bonds is 5. The first-order valence-electron chi connectivity index (χ1n) is 7.22. The molecule has 9 heteroatoms. The number of nitrogens with one attached hydrogen (secondary N) is 1. The molecule has 0 atom stereocenters. The molecule has 25 heavy (non-hydrogen) atoms. The summed E-state index contributed by atoms with van der Waals surface area (Å²) in [7, 11) is -0.983. The van der Waals surface area contributed by atoms with Crippen LogP contribution >= 0.6 is 0 Å². The van der Waals surface area contributed by atoms with E-state index >= 15 is 0 Å². The fraction of sp³-hybridized carbons (Fsp3) is 0.250. The summed E-state index contributed by atoms with van der Waals surface area (Å²) in [6.07, 6.45) is 0. The summed E-state index contributed by atoms with van der Waals surface area (Å²) in [4.78, 5) is 23.3. The number of hydrogen-bond acceptors (Lipinski definition) is 5. The van der Waals surface area contributed by atoms with Gasteiger partial charge in [-0.15, -0.1) is 0 Å². The van der Waals surface area contributed by atoms with Gasteiger partial charge in [-0.25, -0.2) is 17.5 Å². The normalized spacial score (nSPS) is 11.6. The van der Waals surface area contributed by atoms with E-state index in [0.29, 0.717) is 11.3 Å². The average Bonchev–Trinajstić information content (AvgIpc) is 2.91. The molecule has 0 aliphatic rings. The number of anilines is 1. The minimum absolute atomic E-state index is 0.0207. The number of nitrogens with zero attached hydrogens (tertiary/aromatic N) is 1. The van der Waals surface area contributed by atoms with Crippen LogP contribution in [0.5, 0.6) is 0 Å². The quantitative estimate of drug-likeness (QED) is 0.837. The Bertz CT molecular complexity index is 944. The lowest BCUT2D eigenvalue weighted by atomic mass is 10.1. The van der Waals surface area contributed by atoms with Gasteiger partial charge in [-0.1, -0.05) is 6.07 Å². The van der Waals surface area contributed by atoms with E-state index in [2.05, 4.69) is 5.32 Å². The third kappa shape index (κ3) is 3.72. The van der Waals surface area contributed by atoms with Crippen molar-refractivity contribution in [3.05, 3.63) is 46.9 Å². The van der Waals surface area contributed by atoms with Crippen LogP contribution in [-0.2, 0) is 10.0 Å². The SMILES string of the molecule is Cc1ccc(C(=O)O)cc1NC(=O)c1cc(S(=O)(=O)N(C)C)c(C)o1. The first kappa shape index (κ1) is 18.7. The van der Waals surface area contributed by atoms with Gasteiger partial charge in [-0.05, 0) is 31.5 Å². The average molecular weight is 366 g/mol. The third-order valence-electron chi connectivity index (χ3n) is 3.59. The lowest BCUT2D eigenvalue weighted by Gasteiger charge is -2.09. The second kappa shape index (κ2) is 6.69. The molecule has 134 valence electrons.